The maximum absolute atomic E-state index is 13.0. The Morgan fingerprint density at radius 3 is 2.43 bits per heavy atom. The molecule has 74 valence electrons. The molecular weight excluding hydrogens is 190 g/mol. The molecule has 0 amide bonds. The van der Waals surface area contributed by atoms with E-state index in [2.05, 4.69) is 6.58 Å². The van der Waals surface area contributed by atoms with E-state index < -0.39 is 36.1 Å². The van der Waals surface area contributed by atoms with Crippen LogP contribution in [0.15, 0.2) is 36.0 Å². The molecule has 0 spiro atoms. The SMILES string of the molecule is C=C1C(=O)CC(=O)C/C(F)=C\C=C/1F. The fraction of sp³-hybridized carbons (Fsp3) is 0.200. The van der Waals surface area contributed by atoms with Gasteiger partial charge in [0.05, 0.1) is 12.8 Å². The Morgan fingerprint density at radius 1 is 1.14 bits per heavy atom. The largest absolute Gasteiger partial charge is 0.299 e. The molecule has 0 unspecified atom stereocenters. The molecule has 0 bridgehead atoms. The van der Waals surface area contributed by atoms with Crippen LogP contribution in [0.3, 0.4) is 0 Å². The number of rotatable bonds is 0. The van der Waals surface area contributed by atoms with Gasteiger partial charge in [-0.1, -0.05) is 6.58 Å². The Kier molecular flexibility index (Phi) is 3.06. The highest BCUT2D eigenvalue weighted by Gasteiger charge is 2.18. The monoisotopic (exact) mass is 198 g/mol. The van der Waals surface area contributed by atoms with Crippen LogP contribution in [0.5, 0.6) is 0 Å². The molecular formula is C10H8F2O2. The zero-order chi connectivity index (χ0) is 10.7. The van der Waals surface area contributed by atoms with Gasteiger partial charge in [0.15, 0.2) is 5.78 Å². The molecule has 0 atom stereocenters. The second-order valence-electron chi connectivity index (χ2n) is 2.92. The molecule has 1 aliphatic carbocycles. The van der Waals surface area contributed by atoms with Crippen molar-refractivity contribution in [1.82, 2.24) is 0 Å². The number of hydrogen-bond donors (Lipinski definition) is 0. The van der Waals surface area contributed by atoms with Gasteiger partial charge in [0.1, 0.15) is 17.4 Å². The van der Waals surface area contributed by atoms with Gasteiger partial charge in [-0.15, -0.1) is 0 Å². The molecule has 0 radical (unpaired) electrons. The molecule has 1 rings (SSSR count). The van der Waals surface area contributed by atoms with Crippen LogP contribution >= 0.6 is 0 Å². The Labute approximate surface area is 79.6 Å². The second-order valence-corrected chi connectivity index (χ2v) is 2.92. The van der Waals surface area contributed by atoms with Gasteiger partial charge in [-0.25, -0.2) is 8.78 Å². The molecule has 14 heavy (non-hydrogen) atoms. The van der Waals surface area contributed by atoms with Gasteiger partial charge in [0.2, 0.25) is 0 Å². The normalized spacial score (nSPS) is 26.9. The molecule has 0 aromatic carbocycles. The van der Waals surface area contributed by atoms with Crippen molar-refractivity contribution < 1.29 is 18.4 Å². The van der Waals surface area contributed by atoms with E-state index in [0.717, 1.165) is 12.2 Å². The number of halogens is 2. The zero-order valence-corrected chi connectivity index (χ0v) is 7.35. The van der Waals surface area contributed by atoms with Crippen LogP contribution in [0.1, 0.15) is 12.8 Å². The van der Waals surface area contributed by atoms with Crippen LogP contribution in [0, 0.1) is 0 Å². The first-order valence-corrected chi connectivity index (χ1v) is 3.96. The zero-order valence-electron chi connectivity index (χ0n) is 7.35. The lowest BCUT2D eigenvalue weighted by molar-refractivity contribution is -0.124. The first kappa shape index (κ1) is 10.5. The lowest BCUT2D eigenvalue weighted by atomic mass is 10.1. The summed E-state index contributed by atoms with van der Waals surface area (Å²) in [6.07, 6.45) is 0.662. The van der Waals surface area contributed by atoms with Crippen molar-refractivity contribution in [1.29, 1.82) is 0 Å². The summed E-state index contributed by atoms with van der Waals surface area (Å²) in [5, 5.41) is 0. The van der Waals surface area contributed by atoms with E-state index in [4.69, 9.17) is 0 Å². The molecule has 1 aliphatic rings. The van der Waals surface area contributed by atoms with Crippen molar-refractivity contribution in [2.24, 2.45) is 0 Å². The van der Waals surface area contributed by atoms with Gasteiger partial charge in [0.25, 0.3) is 0 Å². The van der Waals surface area contributed by atoms with Crippen LogP contribution < -0.4 is 0 Å². The minimum absolute atomic E-state index is 0.385. The molecule has 0 fully saturated rings. The van der Waals surface area contributed by atoms with Crippen LogP contribution in [0.4, 0.5) is 8.78 Å². The Bertz CT molecular complexity index is 364. The lowest BCUT2D eigenvalue weighted by Gasteiger charge is -1.98. The third kappa shape index (κ3) is 2.45. The quantitative estimate of drug-likeness (QED) is 0.441. The van der Waals surface area contributed by atoms with E-state index in [1.54, 1.807) is 0 Å². The highest BCUT2D eigenvalue weighted by molar-refractivity contribution is 6.09. The van der Waals surface area contributed by atoms with Gasteiger partial charge in [-0.2, -0.15) is 0 Å². The topological polar surface area (TPSA) is 34.1 Å². The average molecular weight is 198 g/mol. The third-order valence-corrected chi connectivity index (χ3v) is 1.76. The molecule has 0 saturated carbocycles. The van der Waals surface area contributed by atoms with E-state index in [9.17, 15) is 18.4 Å². The van der Waals surface area contributed by atoms with Gasteiger partial charge in [-0.05, 0) is 12.2 Å². The maximum atomic E-state index is 13.0. The van der Waals surface area contributed by atoms with Gasteiger partial charge in [0, 0.05) is 5.57 Å². The highest BCUT2D eigenvalue weighted by atomic mass is 19.1. The summed E-state index contributed by atoms with van der Waals surface area (Å²) in [6, 6.07) is 0. The van der Waals surface area contributed by atoms with Crippen molar-refractivity contribution in [3.05, 3.63) is 36.0 Å². The predicted octanol–water partition coefficient (Wildman–Crippen LogP) is 2.18. The van der Waals surface area contributed by atoms with Gasteiger partial charge < -0.3 is 0 Å². The molecule has 0 heterocycles. The van der Waals surface area contributed by atoms with Crippen molar-refractivity contribution in [3.63, 3.8) is 0 Å². The number of ketones is 2. The van der Waals surface area contributed by atoms with E-state index in [0.29, 0.717) is 0 Å². The smallest absolute Gasteiger partial charge is 0.172 e. The van der Waals surface area contributed by atoms with Crippen molar-refractivity contribution in [2.45, 2.75) is 12.8 Å². The summed E-state index contributed by atoms with van der Waals surface area (Å²) in [4.78, 5) is 22.1. The second kappa shape index (κ2) is 4.09. The molecule has 0 aromatic rings. The standard InChI is InChI=1S/C10H8F2O2/c1-6-9(12)3-2-7(11)4-8(13)5-10(6)14/h2-3H,1,4-5H2/b7-2+,9-3+. The summed E-state index contributed by atoms with van der Waals surface area (Å²) in [5.41, 5.74) is -0.385. The van der Waals surface area contributed by atoms with Crippen LogP contribution in [0.25, 0.3) is 0 Å². The molecule has 0 aromatic heterocycles. The Balaban J connectivity index is 3.02. The lowest BCUT2D eigenvalue weighted by Crippen LogP contribution is -2.09. The third-order valence-electron chi connectivity index (χ3n) is 1.76. The summed E-state index contributed by atoms with van der Waals surface area (Å²) >= 11 is 0. The minimum Gasteiger partial charge on any atom is -0.299 e. The number of allylic oxidation sites excluding steroid dienone is 5. The summed E-state index contributed by atoms with van der Waals surface area (Å²) in [7, 11) is 0. The fourth-order valence-corrected chi connectivity index (χ4v) is 0.993. The van der Waals surface area contributed by atoms with Crippen LogP contribution in [-0.2, 0) is 9.59 Å². The molecule has 0 N–H and O–H groups in total. The average Bonchev–Trinajstić information content (AvgIpc) is 2.14. The van der Waals surface area contributed by atoms with E-state index >= 15 is 0 Å². The van der Waals surface area contributed by atoms with Crippen LogP contribution in [0.2, 0.25) is 0 Å². The molecule has 2 nitrogen and oxygen atoms in total. The fourth-order valence-electron chi connectivity index (χ4n) is 0.993. The Morgan fingerprint density at radius 2 is 1.79 bits per heavy atom. The summed E-state index contributed by atoms with van der Waals surface area (Å²) in [5.74, 6) is -2.94. The summed E-state index contributed by atoms with van der Waals surface area (Å²) < 4.78 is 25.7. The molecule has 4 heteroatoms. The first-order valence-electron chi connectivity index (χ1n) is 3.96. The van der Waals surface area contributed by atoms with Crippen molar-refractivity contribution in [3.8, 4) is 0 Å². The van der Waals surface area contributed by atoms with E-state index in [1.165, 1.54) is 0 Å². The van der Waals surface area contributed by atoms with Gasteiger partial charge >= 0.3 is 0 Å². The molecule has 0 aliphatic heterocycles. The summed E-state index contributed by atoms with van der Waals surface area (Å²) in [6.45, 7) is 3.18. The first-order chi connectivity index (χ1) is 6.50. The van der Waals surface area contributed by atoms with E-state index in [1.807, 2.05) is 0 Å². The Hall–Kier alpha value is -1.58. The van der Waals surface area contributed by atoms with Crippen molar-refractivity contribution >= 4 is 11.6 Å². The van der Waals surface area contributed by atoms with Gasteiger partial charge in [-0.3, -0.25) is 9.59 Å². The van der Waals surface area contributed by atoms with Crippen molar-refractivity contribution in [2.75, 3.05) is 0 Å². The number of carbonyl (C=O) groups is 2. The predicted molar refractivity (Wildman–Crippen MR) is 46.8 cm³/mol. The molecule has 0 saturated heterocycles. The highest BCUT2D eigenvalue weighted by Crippen LogP contribution is 2.17. The number of Topliss-reactive ketones (excluding diaryl/α,β-unsaturated/α-hetero) is 2. The number of carbonyl (C=O) groups excluding carboxylic acids is 2. The van der Waals surface area contributed by atoms with Crippen LogP contribution in [-0.4, -0.2) is 11.6 Å². The van der Waals surface area contributed by atoms with E-state index in [-0.39, 0.29) is 5.57 Å². The minimum atomic E-state index is -0.903. The maximum Gasteiger partial charge on any atom is 0.172 e. The number of hydrogen-bond acceptors (Lipinski definition) is 2.